The zero-order valence-corrected chi connectivity index (χ0v) is 8.27. The number of hydrogen-bond donors (Lipinski definition) is 1. The van der Waals surface area contributed by atoms with E-state index in [9.17, 15) is 4.79 Å². The molecule has 0 fully saturated rings. The molecule has 3 nitrogen and oxygen atoms in total. The third-order valence-corrected chi connectivity index (χ3v) is 1.84. The topological polar surface area (TPSA) is 52.3 Å². The summed E-state index contributed by atoms with van der Waals surface area (Å²) < 4.78 is 4.81. The molecular formula is C11H15NO2. The number of nitrogens with two attached hydrogens (primary N) is 1. The first kappa shape index (κ1) is 10.7. The molecule has 1 aromatic rings. The minimum absolute atomic E-state index is 0.124. The van der Waals surface area contributed by atoms with Crippen LogP contribution in [0.4, 0.5) is 0 Å². The molecule has 0 aliphatic rings. The quantitative estimate of drug-likeness (QED) is 0.729. The molecule has 0 bridgehead atoms. The Kier molecular flexibility index (Phi) is 4.13. The van der Waals surface area contributed by atoms with E-state index in [2.05, 4.69) is 0 Å². The summed E-state index contributed by atoms with van der Waals surface area (Å²) in [5.74, 6) is -0.284. The van der Waals surface area contributed by atoms with E-state index >= 15 is 0 Å². The number of rotatable bonds is 4. The predicted octanol–water partition coefficient (Wildman–Crippen LogP) is 1.12. The van der Waals surface area contributed by atoms with Gasteiger partial charge in [0, 0.05) is 13.0 Å². The molecule has 0 saturated heterocycles. The van der Waals surface area contributed by atoms with Gasteiger partial charge in [-0.3, -0.25) is 4.79 Å². The SMILES string of the molecule is CC(=O)OC[C@@H](N)Cc1ccccc1. The monoisotopic (exact) mass is 193 g/mol. The molecule has 2 N–H and O–H groups in total. The van der Waals surface area contributed by atoms with E-state index in [4.69, 9.17) is 10.5 Å². The lowest BCUT2D eigenvalue weighted by Crippen LogP contribution is -2.29. The van der Waals surface area contributed by atoms with Gasteiger partial charge in [0.1, 0.15) is 6.61 Å². The van der Waals surface area contributed by atoms with Crippen molar-refractivity contribution < 1.29 is 9.53 Å². The predicted molar refractivity (Wildman–Crippen MR) is 54.8 cm³/mol. The van der Waals surface area contributed by atoms with Crippen molar-refractivity contribution >= 4 is 5.97 Å². The molecule has 1 atom stereocenters. The average molecular weight is 193 g/mol. The zero-order chi connectivity index (χ0) is 10.4. The lowest BCUT2D eigenvalue weighted by Gasteiger charge is -2.10. The highest BCUT2D eigenvalue weighted by atomic mass is 16.5. The number of carbonyl (C=O) groups excluding carboxylic acids is 1. The third kappa shape index (κ3) is 4.05. The van der Waals surface area contributed by atoms with Gasteiger partial charge < -0.3 is 10.5 Å². The van der Waals surface area contributed by atoms with Crippen LogP contribution >= 0.6 is 0 Å². The Morgan fingerprint density at radius 3 is 2.64 bits per heavy atom. The number of benzene rings is 1. The van der Waals surface area contributed by atoms with Gasteiger partial charge in [-0.05, 0) is 12.0 Å². The smallest absolute Gasteiger partial charge is 0.302 e. The number of hydrogen-bond acceptors (Lipinski definition) is 3. The van der Waals surface area contributed by atoms with Gasteiger partial charge in [-0.25, -0.2) is 0 Å². The lowest BCUT2D eigenvalue weighted by atomic mass is 10.1. The van der Waals surface area contributed by atoms with Crippen molar-refractivity contribution in [3.63, 3.8) is 0 Å². The van der Waals surface area contributed by atoms with Gasteiger partial charge in [-0.15, -0.1) is 0 Å². The highest BCUT2D eigenvalue weighted by Crippen LogP contribution is 2.01. The van der Waals surface area contributed by atoms with Gasteiger partial charge in [-0.2, -0.15) is 0 Å². The van der Waals surface area contributed by atoms with Crippen LogP contribution in [0.1, 0.15) is 12.5 Å². The molecule has 0 aromatic heterocycles. The van der Waals surface area contributed by atoms with Crippen molar-refractivity contribution in [3.8, 4) is 0 Å². The highest BCUT2D eigenvalue weighted by molar-refractivity contribution is 5.65. The Labute approximate surface area is 83.9 Å². The van der Waals surface area contributed by atoms with Crippen LogP contribution < -0.4 is 5.73 Å². The van der Waals surface area contributed by atoms with Crippen molar-refractivity contribution in [2.24, 2.45) is 5.73 Å². The summed E-state index contributed by atoms with van der Waals surface area (Å²) in [4.78, 5) is 10.5. The normalized spacial score (nSPS) is 12.1. The Bertz CT molecular complexity index is 285. The summed E-state index contributed by atoms with van der Waals surface area (Å²) in [6.45, 7) is 1.67. The summed E-state index contributed by atoms with van der Waals surface area (Å²) >= 11 is 0. The number of ether oxygens (including phenoxy) is 1. The van der Waals surface area contributed by atoms with Crippen molar-refractivity contribution in [2.75, 3.05) is 6.61 Å². The Hall–Kier alpha value is -1.35. The fraction of sp³-hybridized carbons (Fsp3) is 0.364. The molecule has 14 heavy (non-hydrogen) atoms. The maximum Gasteiger partial charge on any atom is 0.302 e. The van der Waals surface area contributed by atoms with E-state index in [0.29, 0.717) is 0 Å². The van der Waals surface area contributed by atoms with Crippen LogP contribution in [0.3, 0.4) is 0 Å². The number of carbonyl (C=O) groups is 1. The largest absolute Gasteiger partial charge is 0.464 e. The molecular weight excluding hydrogens is 178 g/mol. The second-order valence-electron chi connectivity index (χ2n) is 3.25. The van der Waals surface area contributed by atoms with Crippen LogP contribution in [-0.2, 0) is 16.0 Å². The van der Waals surface area contributed by atoms with E-state index < -0.39 is 0 Å². The van der Waals surface area contributed by atoms with Crippen LogP contribution in [0.15, 0.2) is 30.3 Å². The molecule has 0 amide bonds. The molecule has 76 valence electrons. The summed E-state index contributed by atoms with van der Waals surface area (Å²) in [6, 6.07) is 9.78. The molecule has 0 radical (unpaired) electrons. The molecule has 1 rings (SSSR count). The summed E-state index contributed by atoms with van der Waals surface area (Å²) in [7, 11) is 0. The van der Waals surface area contributed by atoms with Crippen molar-refractivity contribution in [2.45, 2.75) is 19.4 Å². The third-order valence-electron chi connectivity index (χ3n) is 1.84. The van der Waals surface area contributed by atoms with Crippen molar-refractivity contribution in [1.29, 1.82) is 0 Å². The van der Waals surface area contributed by atoms with Gasteiger partial charge >= 0.3 is 5.97 Å². The van der Waals surface area contributed by atoms with Gasteiger partial charge in [0.25, 0.3) is 0 Å². The van der Waals surface area contributed by atoms with Crippen LogP contribution in [0.25, 0.3) is 0 Å². The van der Waals surface area contributed by atoms with Gasteiger partial charge in [0.15, 0.2) is 0 Å². The van der Waals surface area contributed by atoms with Crippen molar-refractivity contribution in [1.82, 2.24) is 0 Å². The Balaban J connectivity index is 2.34. The minimum Gasteiger partial charge on any atom is -0.464 e. The summed E-state index contributed by atoms with van der Waals surface area (Å²) in [5, 5.41) is 0. The average Bonchev–Trinajstić information content (AvgIpc) is 2.16. The Morgan fingerprint density at radius 1 is 1.43 bits per heavy atom. The maximum atomic E-state index is 10.5. The van der Waals surface area contributed by atoms with Gasteiger partial charge in [0.05, 0.1) is 0 Å². The van der Waals surface area contributed by atoms with Crippen molar-refractivity contribution in [3.05, 3.63) is 35.9 Å². The molecule has 0 heterocycles. The first-order valence-electron chi connectivity index (χ1n) is 4.61. The Morgan fingerprint density at radius 2 is 2.07 bits per heavy atom. The second kappa shape index (κ2) is 5.40. The first-order valence-corrected chi connectivity index (χ1v) is 4.61. The van der Waals surface area contributed by atoms with Crippen LogP contribution in [0.5, 0.6) is 0 Å². The first-order chi connectivity index (χ1) is 6.68. The molecule has 0 unspecified atom stereocenters. The highest BCUT2D eigenvalue weighted by Gasteiger charge is 2.05. The molecule has 0 aliphatic heterocycles. The molecule has 0 aliphatic carbocycles. The molecule has 3 heteroatoms. The maximum absolute atomic E-state index is 10.5. The zero-order valence-electron chi connectivity index (χ0n) is 8.27. The summed E-state index contributed by atoms with van der Waals surface area (Å²) in [5.41, 5.74) is 6.94. The fourth-order valence-electron chi connectivity index (χ4n) is 1.20. The minimum atomic E-state index is -0.284. The van der Waals surface area contributed by atoms with E-state index in [1.54, 1.807) is 0 Å². The van der Waals surface area contributed by atoms with E-state index in [0.717, 1.165) is 12.0 Å². The van der Waals surface area contributed by atoms with E-state index in [-0.39, 0.29) is 18.6 Å². The second-order valence-corrected chi connectivity index (χ2v) is 3.25. The molecule has 0 saturated carbocycles. The van der Waals surface area contributed by atoms with Crippen LogP contribution in [0, 0.1) is 0 Å². The molecule has 1 aromatic carbocycles. The van der Waals surface area contributed by atoms with Gasteiger partial charge in [-0.1, -0.05) is 30.3 Å². The number of esters is 1. The fourth-order valence-corrected chi connectivity index (χ4v) is 1.20. The van der Waals surface area contributed by atoms with E-state index in [1.807, 2.05) is 30.3 Å². The van der Waals surface area contributed by atoms with E-state index in [1.165, 1.54) is 6.92 Å². The lowest BCUT2D eigenvalue weighted by molar-refractivity contribution is -0.141. The van der Waals surface area contributed by atoms with Crippen LogP contribution in [0.2, 0.25) is 0 Å². The standard InChI is InChI=1S/C11H15NO2/c1-9(13)14-8-11(12)7-10-5-3-2-4-6-10/h2-6,11H,7-8,12H2,1H3/t11-/m0/s1. The molecule has 0 spiro atoms. The van der Waals surface area contributed by atoms with Crippen LogP contribution in [-0.4, -0.2) is 18.6 Å². The summed E-state index contributed by atoms with van der Waals surface area (Å²) in [6.07, 6.45) is 0.730. The van der Waals surface area contributed by atoms with Gasteiger partial charge in [0.2, 0.25) is 0 Å².